The van der Waals surface area contributed by atoms with Crippen LogP contribution in [-0.4, -0.2) is 64.1 Å². The molecule has 1 saturated heterocycles. The van der Waals surface area contributed by atoms with Gasteiger partial charge in [0, 0.05) is 19.1 Å². The highest BCUT2D eigenvalue weighted by Crippen LogP contribution is 2.10. The summed E-state index contributed by atoms with van der Waals surface area (Å²) in [5.74, 6) is -0.0419. The van der Waals surface area contributed by atoms with Gasteiger partial charge in [0.2, 0.25) is 10.0 Å². The second-order valence-corrected chi connectivity index (χ2v) is 9.22. The fraction of sp³-hybridized carbons (Fsp3) is 1.00. The minimum absolute atomic E-state index is 0.0591. The molecule has 6 nitrogen and oxygen atoms in total. The van der Waals surface area contributed by atoms with Crippen LogP contribution in [0.25, 0.3) is 0 Å². The lowest BCUT2D eigenvalue weighted by atomic mass is 10.4. The maximum atomic E-state index is 11.9. The molecule has 0 aromatic rings. The Morgan fingerprint density at radius 3 is 2.28 bits per heavy atom. The van der Waals surface area contributed by atoms with Crippen LogP contribution < -0.4 is 5.32 Å². The molecule has 0 amide bonds. The molecule has 1 rings (SSSR count). The van der Waals surface area contributed by atoms with Gasteiger partial charge in [0.25, 0.3) is 0 Å². The van der Waals surface area contributed by atoms with E-state index in [0.29, 0.717) is 19.0 Å². The molecule has 18 heavy (non-hydrogen) atoms. The van der Waals surface area contributed by atoms with Crippen molar-refractivity contribution in [3.8, 4) is 0 Å². The van der Waals surface area contributed by atoms with Crippen molar-refractivity contribution in [2.45, 2.75) is 26.3 Å². The number of rotatable bonds is 6. The van der Waals surface area contributed by atoms with Crippen LogP contribution in [0.2, 0.25) is 0 Å². The molecule has 0 aromatic heterocycles. The molecule has 0 unspecified atom stereocenters. The second-order valence-electron chi connectivity index (χ2n) is 4.83. The third kappa shape index (κ3) is 5.21. The molecule has 8 heteroatoms. The molecule has 0 bridgehead atoms. The zero-order valence-corrected chi connectivity index (χ0v) is 12.6. The van der Waals surface area contributed by atoms with Gasteiger partial charge in [-0.15, -0.1) is 0 Å². The summed E-state index contributed by atoms with van der Waals surface area (Å²) in [4.78, 5) is 0. The van der Waals surface area contributed by atoms with E-state index in [1.165, 1.54) is 4.31 Å². The SMILES string of the molecule is CC(C)NCCCS(=O)(=O)N1CCS(=O)(=O)CC1. The Labute approximate surface area is 110 Å². The molecule has 1 aliphatic rings. The van der Waals surface area contributed by atoms with Gasteiger partial charge in [-0.05, 0) is 13.0 Å². The molecule has 1 N–H and O–H groups in total. The topological polar surface area (TPSA) is 83.6 Å². The van der Waals surface area contributed by atoms with Crippen LogP contribution in [0.1, 0.15) is 20.3 Å². The minimum atomic E-state index is -3.30. The molecule has 1 aliphatic heterocycles. The molecule has 1 heterocycles. The van der Waals surface area contributed by atoms with Crippen molar-refractivity contribution in [1.29, 1.82) is 0 Å². The van der Waals surface area contributed by atoms with Crippen molar-refractivity contribution in [3.63, 3.8) is 0 Å². The molecule has 0 saturated carbocycles. The lowest BCUT2D eigenvalue weighted by Crippen LogP contribution is -2.44. The highest BCUT2D eigenvalue weighted by Gasteiger charge is 2.29. The first-order valence-corrected chi connectivity index (χ1v) is 9.58. The third-order valence-electron chi connectivity index (χ3n) is 2.83. The van der Waals surface area contributed by atoms with Crippen LogP contribution in [0.4, 0.5) is 0 Å². The first kappa shape index (κ1) is 15.9. The predicted octanol–water partition coefficient (Wildman–Crippen LogP) is -0.565. The van der Waals surface area contributed by atoms with Gasteiger partial charge in [-0.2, -0.15) is 4.31 Å². The standard InChI is InChI=1S/C10H22N2O4S2/c1-10(2)11-4-3-7-18(15,16)12-5-8-17(13,14)9-6-12/h10-11H,3-9H2,1-2H3. The zero-order chi connectivity index (χ0) is 13.8. The van der Waals surface area contributed by atoms with E-state index in [9.17, 15) is 16.8 Å². The van der Waals surface area contributed by atoms with Crippen LogP contribution in [0, 0.1) is 0 Å². The lowest BCUT2D eigenvalue weighted by molar-refractivity contribution is 0.429. The summed E-state index contributed by atoms with van der Waals surface area (Å²) in [5.41, 5.74) is 0. The fourth-order valence-corrected chi connectivity index (χ4v) is 4.69. The fourth-order valence-electron chi connectivity index (χ4n) is 1.75. The highest BCUT2D eigenvalue weighted by molar-refractivity contribution is 7.92. The number of sulfone groups is 1. The van der Waals surface area contributed by atoms with Crippen molar-refractivity contribution >= 4 is 19.9 Å². The van der Waals surface area contributed by atoms with Gasteiger partial charge >= 0.3 is 0 Å². The van der Waals surface area contributed by atoms with E-state index < -0.39 is 19.9 Å². The highest BCUT2D eigenvalue weighted by atomic mass is 32.2. The van der Waals surface area contributed by atoms with E-state index in [0.717, 1.165) is 0 Å². The molecular weight excluding hydrogens is 276 g/mol. The van der Waals surface area contributed by atoms with E-state index >= 15 is 0 Å². The van der Waals surface area contributed by atoms with E-state index in [-0.39, 0.29) is 30.3 Å². The number of sulfonamides is 1. The minimum Gasteiger partial charge on any atom is -0.314 e. The van der Waals surface area contributed by atoms with E-state index in [2.05, 4.69) is 5.32 Å². The van der Waals surface area contributed by atoms with Crippen molar-refractivity contribution in [3.05, 3.63) is 0 Å². The maximum absolute atomic E-state index is 11.9. The first-order valence-electron chi connectivity index (χ1n) is 6.14. The van der Waals surface area contributed by atoms with Gasteiger partial charge in [0.1, 0.15) is 0 Å². The molecule has 108 valence electrons. The van der Waals surface area contributed by atoms with Gasteiger partial charge in [-0.25, -0.2) is 16.8 Å². The number of nitrogens with zero attached hydrogens (tertiary/aromatic N) is 1. The summed E-state index contributed by atoms with van der Waals surface area (Å²) in [6.45, 7) is 4.86. The van der Waals surface area contributed by atoms with Crippen molar-refractivity contribution in [1.82, 2.24) is 9.62 Å². The first-order chi connectivity index (χ1) is 8.23. The Hall–Kier alpha value is -0.180. The summed E-state index contributed by atoms with van der Waals surface area (Å²) in [6.07, 6.45) is 0.545. The summed E-state index contributed by atoms with van der Waals surface area (Å²) < 4.78 is 47.6. The molecule has 0 aliphatic carbocycles. The van der Waals surface area contributed by atoms with Gasteiger partial charge in [0.05, 0.1) is 17.3 Å². The van der Waals surface area contributed by atoms with Gasteiger partial charge in [0.15, 0.2) is 9.84 Å². The number of hydrogen-bond acceptors (Lipinski definition) is 5. The summed E-state index contributed by atoms with van der Waals surface area (Å²) in [5, 5.41) is 3.16. The maximum Gasteiger partial charge on any atom is 0.214 e. The Balaban J connectivity index is 2.40. The van der Waals surface area contributed by atoms with Crippen LogP contribution in [0.3, 0.4) is 0 Å². The molecule has 0 atom stereocenters. The predicted molar refractivity (Wildman–Crippen MR) is 71.8 cm³/mol. The molecule has 0 aromatic carbocycles. The van der Waals surface area contributed by atoms with Crippen LogP contribution in [0.15, 0.2) is 0 Å². The van der Waals surface area contributed by atoms with E-state index in [4.69, 9.17) is 0 Å². The number of hydrogen-bond donors (Lipinski definition) is 1. The third-order valence-corrected chi connectivity index (χ3v) is 6.39. The van der Waals surface area contributed by atoms with Crippen molar-refractivity contribution in [2.24, 2.45) is 0 Å². The molecule has 0 spiro atoms. The molecule has 0 radical (unpaired) electrons. The second kappa shape index (κ2) is 6.31. The van der Waals surface area contributed by atoms with Gasteiger partial charge in [-0.3, -0.25) is 0 Å². The quantitative estimate of drug-likeness (QED) is 0.664. The van der Waals surface area contributed by atoms with Crippen LogP contribution >= 0.6 is 0 Å². The monoisotopic (exact) mass is 298 g/mol. The normalized spacial score (nSPS) is 21.3. The Kier molecular flexibility index (Phi) is 5.57. The van der Waals surface area contributed by atoms with E-state index in [1.807, 2.05) is 13.8 Å². The summed E-state index contributed by atoms with van der Waals surface area (Å²) >= 11 is 0. The average Bonchev–Trinajstić information content (AvgIpc) is 2.23. The summed E-state index contributed by atoms with van der Waals surface area (Å²) in [7, 11) is -6.33. The van der Waals surface area contributed by atoms with Crippen LogP contribution in [-0.2, 0) is 19.9 Å². The van der Waals surface area contributed by atoms with Crippen LogP contribution in [0.5, 0.6) is 0 Å². The Morgan fingerprint density at radius 1 is 1.22 bits per heavy atom. The average molecular weight is 298 g/mol. The van der Waals surface area contributed by atoms with Gasteiger partial charge < -0.3 is 5.32 Å². The molecular formula is C10H22N2O4S2. The Morgan fingerprint density at radius 2 is 1.78 bits per heavy atom. The zero-order valence-electron chi connectivity index (χ0n) is 10.9. The smallest absolute Gasteiger partial charge is 0.214 e. The van der Waals surface area contributed by atoms with E-state index in [1.54, 1.807) is 0 Å². The van der Waals surface area contributed by atoms with Crippen molar-refractivity contribution < 1.29 is 16.8 Å². The molecule has 1 fully saturated rings. The van der Waals surface area contributed by atoms with Gasteiger partial charge in [-0.1, -0.05) is 13.8 Å². The largest absolute Gasteiger partial charge is 0.314 e. The summed E-state index contributed by atoms with van der Waals surface area (Å²) in [6, 6.07) is 0.341. The number of nitrogens with one attached hydrogen (secondary N) is 1. The lowest BCUT2D eigenvalue weighted by Gasteiger charge is -2.26. The van der Waals surface area contributed by atoms with Crippen molar-refractivity contribution in [2.75, 3.05) is 36.9 Å². The Bertz CT molecular complexity index is 442.